The van der Waals surface area contributed by atoms with Crippen LogP contribution in [0.4, 0.5) is 0 Å². The van der Waals surface area contributed by atoms with Crippen molar-refractivity contribution in [2.75, 3.05) is 19.6 Å². The van der Waals surface area contributed by atoms with Crippen LogP contribution in [0.15, 0.2) is 12.4 Å². The molecule has 5 heteroatoms. The van der Waals surface area contributed by atoms with E-state index in [4.69, 9.17) is 0 Å². The minimum Gasteiger partial charge on any atom is -0.354 e. The molecule has 1 aliphatic heterocycles. The fourth-order valence-corrected chi connectivity index (χ4v) is 3.15. The number of hydrogen-bond acceptors (Lipinski definition) is 3. The standard InChI is InChI=1S/C15H24N4O/c1-18-11-8-16-13(18)6-7-17-15(20)14(12-4-5-12)19-9-2-3-10-19/h8,11-12,14H,2-7,9-10H2,1H3,(H,17,20)/t14-/m0/s1. The lowest BCUT2D eigenvalue weighted by molar-refractivity contribution is -0.126. The second kappa shape index (κ2) is 5.95. The molecule has 1 N–H and O–H groups in total. The number of aromatic nitrogens is 2. The van der Waals surface area contributed by atoms with E-state index in [1.54, 1.807) is 6.20 Å². The minimum atomic E-state index is 0.124. The van der Waals surface area contributed by atoms with Gasteiger partial charge in [-0.05, 0) is 44.7 Å². The van der Waals surface area contributed by atoms with Gasteiger partial charge in [-0.1, -0.05) is 0 Å². The van der Waals surface area contributed by atoms with Gasteiger partial charge in [0.2, 0.25) is 5.91 Å². The molecule has 1 atom stereocenters. The van der Waals surface area contributed by atoms with Crippen molar-refractivity contribution < 1.29 is 4.79 Å². The summed E-state index contributed by atoms with van der Waals surface area (Å²) in [5.74, 6) is 1.85. The molecule has 0 unspecified atom stereocenters. The van der Waals surface area contributed by atoms with Gasteiger partial charge in [-0.15, -0.1) is 0 Å². The smallest absolute Gasteiger partial charge is 0.237 e. The Bertz CT molecular complexity index is 460. The molecule has 1 aromatic heterocycles. The summed E-state index contributed by atoms with van der Waals surface area (Å²) in [5.41, 5.74) is 0. The van der Waals surface area contributed by atoms with Crippen LogP contribution in [-0.2, 0) is 18.3 Å². The molecule has 1 aromatic rings. The van der Waals surface area contributed by atoms with Gasteiger partial charge in [0.1, 0.15) is 5.82 Å². The van der Waals surface area contributed by atoms with E-state index in [-0.39, 0.29) is 11.9 Å². The quantitative estimate of drug-likeness (QED) is 0.842. The van der Waals surface area contributed by atoms with Crippen molar-refractivity contribution in [1.29, 1.82) is 0 Å². The lowest BCUT2D eigenvalue weighted by Crippen LogP contribution is -2.47. The SMILES string of the molecule is Cn1ccnc1CCNC(=O)[C@H](C1CC1)N1CCCC1. The number of rotatable bonds is 6. The van der Waals surface area contributed by atoms with E-state index in [9.17, 15) is 4.79 Å². The van der Waals surface area contributed by atoms with Crippen molar-refractivity contribution in [3.8, 4) is 0 Å². The molecule has 2 fully saturated rings. The van der Waals surface area contributed by atoms with Crippen LogP contribution >= 0.6 is 0 Å². The number of amides is 1. The van der Waals surface area contributed by atoms with Crippen molar-refractivity contribution in [1.82, 2.24) is 19.8 Å². The molecule has 1 saturated heterocycles. The Balaban J connectivity index is 1.50. The highest BCUT2D eigenvalue weighted by atomic mass is 16.2. The lowest BCUT2D eigenvalue weighted by Gasteiger charge is -2.26. The Morgan fingerprint density at radius 3 is 2.80 bits per heavy atom. The van der Waals surface area contributed by atoms with Crippen LogP contribution in [0.25, 0.3) is 0 Å². The maximum atomic E-state index is 12.4. The number of imidazole rings is 1. The molecule has 0 aromatic carbocycles. The predicted molar refractivity (Wildman–Crippen MR) is 77.2 cm³/mol. The van der Waals surface area contributed by atoms with Gasteiger partial charge in [0, 0.05) is 32.4 Å². The van der Waals surface area contributed by atoms with E-state index in [0.29, 0.717) is 12.5 Å². The molecule has 1 saturated carbocycles. The third-order valence-corrected chi connectivity index (χ3v) is 4.44. The molecule has 0 radical (unpaired) electrons. The van der Waals surface area contributed by atoms with Crippen molar-refractivity contribution in [2.24, 2.45) is 13.0 Å². The van der Waals surface area contributed by atoms with Gasteiger partial charge in [-0.3, -0.25) is 9.69 Å². The first-order valence-corrected chi connectivity index (χ1v) is 7.73. The summed E-state index contributed by atoms with van der Waals surface area (Å²) in [6, 6.07) is 0.124. The first kappa shape index (κ1) is 13.6. The summed E-state index contributed by atoms with van der Waals surface area (Å²) in [6.45, 7) is 2.86. The fraction of sp³-hybridized carbons (Fsp3) is 0.733. The van der Waals surface area contributed by atoms with Crippen molar-refractivity contribution in [3.63, 3.8) is 0 Å². The van der Waals surface area contributed by atoms with Gasteiger partial charge in [-0.2, -0.15) is 0 Å². The van der Waals surface area contributed by atoms with E-state index >= 15 is 0 Å². The molecule has 5 nitrogen and oxygen atoms in total. The fourth-order valence-electron chi connectivity index (χ4n) is 3.15. The zero-order valence-electron chi connectivity index (χ0n) is 12.2. The van der Waals surface area contributed by atoms with Gasteiger partial charge < -0.3 is 9.88 Å². The highest BCUT2D eigenvalue weighted by Crippen LogP contribution is 2.36. The molecule has 0 bridgehead atoms. The molecule has 20 heavy (non-hydrogen) atoms. The molecule has 1 aliphatic carbocycles. The van der Waals surface area contributed by atoms with Crippen molar-refractivity contribution in [2.45, 2.75) is 38.1 Å². The van der Waals surface area contributed by atoms with Crippen molar-refractivity contribution >= 4 is 5.91 Å². The Morgan fingerprint density at radius 1 is 1.45 bits per heavy atom. The van der Waals surface area contributed by atoms with Crippen molar-refractivity contribution in [3.05, 3.63) is 18.2 Å². The van der Waals surface area contributed by atoms with Gasteiger partial charge in [0.05, 0.1) is 6.04 Å². The predicted octanol–water partition coefficient (Wildman–Crippen LogP) is 0.953. The summed E-state index contributed by atoms with van der Waals surface area (Å²) in [7, 11) is 1.99. The minimum absolute atomic E-state index is 0.124. The average molecular weight is 276 g/mol. The van der Waals surface area contributed by atoms with Crippen LogP contribution in [0.3, 0.4) is 0 Å². The van der Waals surface area contributed by atoms with E-state index in [1.165, 1.54) is 25.7 Å². The van der Waals surface area contributed by atoms with E-state index in [0.717, 1.165) is 25.3 Å². The molecular formula is C15H24N4O. The molecule has 1 amide bonds. The zero-order valence-corrected chi connectivity index (χ0v) is 12.2. The normalized spacial score (nSPS) is 21.1. The Kier molecular flexibility index (Phi) is 4.05. The summed E-state index contributed by atoms with van der Waals surface area (Å²) in [4.78, 5) is 19.1. The number of hydrogen-bond donors (Lipinski definition) is 1. The third kappa shape index (κ3) is 3.03. The number of nitrogens with zero attached hydrogens (tertiary/aromatic N) is 3. The summed E-state index contributed by atoms with van der Waals surface area (Å²) in [6.07, 6.45) is 9.45. The Hall–Kier alpha value is -1.36. The van der Waals surface area contributed by atoms with Gasteiger partial charge in [0.15, 0.2) is 0 Å². The second-order valence-electron chi connectivity index (χ2n) is 6.02. The Morgan fingerprint density at radius 2 is 2.20 bits per heavy atom. The first-order chi connectivity index (χ1) is 9.75. The maximum Gasteiger partial charge on any atom is 0.237 e. The first-order valence-electron chi connectivity index (χ1n) is 7.73. The lowest BCUT2D eigenvalue weighted by atomic mass is 10.1. The molecule has 3 rings (SSSR count). The monoisotopic (exact) mass is 276 g/mol. The molecule has 110 valence electrons. The highest BCUT2D eigenvalue weighted by molar-refractivity contribution is 5.82. The molecule has 2 aliphatic rings. The summed E-state index contributed by atoms with van der Waals surface area (Å²) in [5, 5.41) is 3.11. The van der Waals surface area contributed by atoms with E-state index in [2.05, 4.69) is 15.2 Å². The molecule has 0 spiro atoms. The summed E-state index contributed by atoms with van der Waals surface area (Å²) >= 11 is 0. The second-order valence-corrected chi connectivity index (χ2v) is 6.02. The molecular weight excluding hydrogens is 252 g/mol. The van der Waals surface area contributed by atoms with Crippen LogP contribution in [0, 0.1) is 5.92 Å². The number of nitrogens with one attached hydrogen (secondary N) is 1. The largest absolute Gasteiger partial charge is 0.354 e. The van der Waals surface area contributed by atoms with Crippen LogP contribution in [-0.4, -0.2) is 46.0 Å². The van der Waals surface area contributed by atoms with Crippen LogP contribution in [0.2, 0.25) is 0 Å². The number of carbonyl (C=O) groups is 1. The average Bonchev–Trinajstić information content (AvgIpc) is 2.94. The number of aryl methyl sites for hydroxylation is 1. The van der Waals surface area contributed by atoms with Gasteiger partial charge in [-0.25, -0.2) is 4.98 Å². The van der Waals surface area contributed by atoms with E-state index < -0.39 is 0 Å². The summed E-state index contributed by atoms with van der Waals surface area (Å²) < 4.78 is 2.00. The molecule has 2 heterocycles. The number of likely N-dealkylation sites (tertiary alicyclic amines) is 1. The Labute approximate surface area is 120 Å². The van der Waals surface area contributed by atoms with Crippen LogP contribution in [0.1, 0.15) is 31.5 Å². The third-order valence-electron chi connectivity index (χ3n) is 4.44. The van der Waals surface area contributed by atoms with E-state index in [1.807, 2.05) is 17.8 Å². The van der Waals surface area contributed by atoms with Gasteiger partial charge >= 0.3 is 0 Å². The number of carbonyl (C=O) groups excluding carboxylic acids is 1. The van der Waals surface area contributed by atoms with Crippen LogP contribution < -0.4 is 5.32 Å². The highest BCUT2D eigenvalue weighted by Gasteiger charge is 2.40. The topological polar surface area (TPSA) is 50.2 Å². The zero-order chi connectivity index (χ0) is 13.9. The van der Waals surface area contributed by atoms with Crippen LogP contribution in [0.5, 0.6) is 0 Å². The maximum absolute atomic E-state index is 12.4. The van der Waals surface area contributed by atoms with Gasteiger partial charge in [0.25, 0.3) is 0 Å².